The lowest BCUT2D eigenvalue weighted by Gasteiger charge is -2.05. The minimum Gasteiger partial charge on any atom is -0.372 e. The van der Waals surface area contributed by atoms with Gasteiger partial charge in [0.2, 0.25) is 0 Å². The Hall–Kier alpha value is -1.21. The molecule has 0 aliphatic rings. The van der Waals surface area contributed by atoms with Crippen LogP contribution in [0, 0.1) is 13.8 Å². The molecular formula is C11H15N3O2S2. The van der Waals surface area contributed by atoms with E-state index in [1.54, 1.807) is 18.4 Å². The number of aryl methyl sites for hydroxylation is 2. The largest absolute Gasteiger partial charge is 0.372 e. The average Bonchev–Trinajstić information content (AvgIpc) is 2.51. The van der Waals surface area contributed by atoms with Gasteiger partial charge in [0, 0.05) is 18.2 Å². The lowest BCUT2D eigenvalue weighted by Crippen LogP contribution is -2.07. The summed E-state index contributed by atoms with van der Waals surface area (Å²) in [5, 5.41) is 3.99. The number of rotatable bonds is 3. The molecule has 0 amide bonds. The number of sulfone groups is 1. The van der Waals surface area contributed by atoms with Crippen molar-refractivity contribution in [2.24, 2.45) is 0 Å². The maximum absolute atomic E-state index is 11.3. The van der Waals surface area contributed by atoms with Gasteiger partial charge < -0.3 is 5.32 Å². The number of nitrogens with zero attached hydrogens (tertiary/aromatic N) is 2. The van der Waals surface area contributed by atoms with Crippen LogP contribution in [0.15, 0.2) is 0 Å². The summed E-state index contributed by atoms with van der Waals surface area (Å²) in [6.45, 7) is 4.05. The molecule has 2 heterocycles. The highest BCUT2D eigenvalue weighted by molar-refractivity contribution is 7.89. The Kier molecular flexibility index (Phi) is 3.29. The quantitative estimate of drug-likeness (QED) is 0.932. The number of hydrogen-bond acceptors (Lipinski definition) is 6. The van der Waals surface area contributed by atoms with Crippen LogP contribution >= 0.6 is 11.3 Å². The number of hydrogen-bond donors (Lipinski definition) is 1. The number of fused-ring (bicyclic) bond motifs is 1. The molecule has 5 nitrogen and oxygen atoms in total. The zero-order valence-electron chi connectivity index (χ0n) is 10.7. The van der Waals surface area contributed by atoms with Crippen LogP contribution in [0.4, 0.5) is 5.82 Å². The Bertz CT molecular complexity index is 705. The van der Waals surface area contributed by atoms with Crippen LogP contribution in [-0.2, 0) is 15.6 Å². The first-order valence-electron chi connectivity index (χ1n) is 5.44. The summed E-state index contributed by atoms with van der Waals surface area (Å²) in [7, 11) is -1.35. The highest BCUT2D eigenvalue weighted by Gasteiger charge is 2.15. The molecule has 0 aliphatic heterocycles. The van der Waals surface area contributed by atoms with Crippen molar-refractivity contribution >= 4 is 37.2 Å². The first kappa shape index (κ1) is 13.2. The normalized spacial score (nSPS) is 12.0. The molecule has 2 aromatic heterocycles. The van der Waals surface area contributed by atoms with Gasteiger partial charge in [-0.2, -0.15) is 0 Å². The molecule has 0 saturated carbocycles. The van der Waals surface area contributed by atoms with Crippen LogP contribution < -0.4 is 5.32 Å². The van der Waals surface area contributed by atoms with E-state index in [-0.39, 0.29) is 5.75 Å². The van der Waals surface area contributed by atoms with E-state index < -0.39 is 9.84 Å². The molecule has 18 heavy (non-hydrogen) atoms. The molecule has 2 rings (SSSR count). The predicted octanol–water partition coefficient (Wildman–Crippen LogP) is 1.89. The molecule has 0 bridgehead atoms. The van der Waals surface area contributed by atoms with Crippen molar-refractivity contribution in [3.63, 3.8) is 0 Å². The molecule has 0 atom stereocenters. The van der Waals surface area contributed by atoms with Crippen LogP contribution in [0.2, 0.25) is 0 Å². The summed E-state index contributed by atoms with van der Waals surface area (Å²) in [4.78, 5) is 10.6. The van der Waals surface area contributed by atoms with Gasteiger partial charge in [0.25, 0.3) is 0 Å². The minimum atomic E-state index is -3.12. The number of anilines is 1. The second-order valence-corrected chi connectivity index (χ2v) is 7.62. The van der Waals surface area contributed by atoms with Crippen LogP contribution in [-0.4, -0.2) is 31.7 Å². The van der Waals surface area contributed by atoms with E-state index in [9.17, 15) is 8.42 Å². The molecule has 0 saturated heterocycles. The number of nitrogens with one attached hydrogen (secondary N) is 1. The summed E-state index contributed by atoms with van der Waals surface area (Å²) in [5.74, 6) is 0.907. The second kappa shape index (κ2) is 4.47. The van der Waals surface area contributed by atoms with Crippen LogP contribution in [0.5, 0.6) is 0 Å². The molecule has 0 spiro atoms. The fraction of sp³-hybridized carbons (Fsp3) is 0.455. The summed E-state index contributed by atoms with van der Waals surface area (Å²) in [5.41, 5.74) is 1.14. The molecule has 98 valence electrons. The van der Waals surface area contributed by atoms with Crippen LogP contribution in [0.1, 0.15) is 16.3 Å². The second-order valence-electron chi connectivity index (χ2n) is 4.27. The highest BCUT2D eigenvalue weighted by atomic mass is 32.2. The highest BCUT2D eigenvalue weighted by Crippen LogP contribution is 2.33. The molecule has 2 aromatic rings. The summed E-state index contributed by atoms with van der Waals surface area (Å²) >= 11 is 1.56. The number of aromatic nitrogens is 2. The van der Waals surface area contributed by atoms with E-state index in [1.165, 1.54) is 11.1 Å². The third-order valence-corrected chi connectivity index (χ3v) is 4.59. The van der Waals surface area contributed by atoms with Crippen molar-refractivity contribution < 1.29 is 8.42 Å². The van der Waals surface area contributed by atoms with Gasteiger partial charge in [-0.05, 0) is 19.4 Å². The van der Waals surface area contributed by atoms with Gasteiger partial charge in [0.05, 0.1) is 5.39 Å². The molecule has 0 unspecified atom stereocenters. The Morgan fingerprint density at radius 1 is 1.28 bits per heavy atom. The van der Waals surface area contributed by atoms with Crippen molar-refractivity contribution in [1.29, 1.82) is 0 Å². The van der Waals surface area contributed by atoms with Crippen molar-refractivity contribution in [3.8, 4) is 0 Å². The Balaban J connectivity index is 2.67. The maximum atomic E-state index is 11.3. The molecule has 1 N–H and O–H groups in total. The molecule has 0 fully saturated rings. The zero-order valence-corrected chi connectivity index (χ0v) is 12.4. The first-order valence-corrected chi connectivity index (χ1v) is 8.31. The number of thiophene rings is 1. The third kappa shape index (κ3) is 2.46. The van der Waals surface area contributed by atoms with Gasteiger partial charge in [-0.1, -0.05) is 0 Å². The lowest BCUT2D eigenvalue weighted by molar-refractivity contribution is 0.600. The summed E-state index contributed by atoms with van der Waals surface area (Å²) in [6.07, 6.45) is 1.19. The van der Waals surface area contributed by atoms with E-state index in [0.717, 1.165) is 15.8 Å². The van der Waals surface area contributed by atoms with Gasteiger partial charge in [-0.25, -0.2) is 18.4 Å². The van der Waals surface area contributed by atoms with E-state index in [0.29, 0.717) is 11.6 Å². The SMILES string of the molecule is CNc1nc(CS(C)(=O)=O)nc2sc(C)c(C)c12. The Labute approximate surface area is 110 Å². The van der Waals surface area contributed by atoms with Gasteiger partial charge in [0.1, 0.15) is 22.2 Å². The zero-order chi connectivity index (χ0) is 13.5. The van der Waals surface area contributed by atoms with Crippen LogP contribution in [0.25, 0.3) is 10.2 Å². The smallest absolute Gasteiger partial charge is 0.154 e. The van der Waals surface area contributed by atoms with E-state index >= 15 is 0 Å². The van der Waals surface area contributed by atoms with Crippen molar-refractivity contribution in [1.82, 2.24) is 9.97 Å². The molecular weight excluding hydrogens is 270 g/mol. The van der Waals surface area contributed by atoms with Gasteiger partial charge in [-0.3, -0.25) is 0 Å². The monoisotopic (exact) mass is 285 g/mol. The molecule has 0 radical (unpaired) electrons. The first-order chi connectivity index (χ1) is 8.31. The molecule has 7 heteroatoms. The summed E-state index contributed by atoms with van der Waals surface area (Å²) < 4.78 is 22.6. The Morgan fingerprint density at radius 2 is 1.94 bits per heavy atom. The molecule has 0 aliphatic carbocycles. The average molecular weight is 285 g/mol. The maximum Gasteiger partial charge on any atom is 0.154 e. The van der Waals surface area contributed by atoms with Crippen molar-refractivity contribution in [2.45, 2.75) is 19.6 Å². The fourth-order valence-electron chi connectivity index (χ4n) is 1.77. The van der Waals surface area contributed by atoms with Gasteiger partial charge in [0.15, 0.2) is 9.84 Å². The van der Waals surface area contributed by atoms with Crippen molar-refractivity contribution in [2.75, 3.05) is 18.6 Å². The predicted molar refractivity (Wildman–Crippen MR) is 75.0 cm³/mol. The topological polar surface area (TPSA) is 72.0 Å². The summed E-state index contributed by atoms with van der Waals surface area (Å²) in [6, 6.07) is 0. The standard InChI is InChI=1S/C11H15N3O2S2/c1-6-7(2)17-11-9(6)10(12-3)13-8(14-11)5-18(4,15)16/h5H2,1-4H3,(H,12,13,14). The Morgan fingerprint density at radius 3 is 2.50 bits per heavy atom. The minimum absolute atomic E-state index is 0.131. The van der Waals surface area contributed by atoms with Gasteiger partial charge >= 0.3 is 0 Å². The third-order valence-electron chi connectivity index (χ3n) is 2.70. The van der Waals surface area contributed by atoms with Gasteiger partial charge in [-0.15, -0.1) is 11.3 Å². The lowest BCUT2D eigenvalue weighted by atomic mass is 10.2. The van der Waals surface area contributed by atoms with E-state index in [1.807, 2.05) is 13.8 Å². The van der Waals surface area contributed by atoms with E-state index in [4.69, 9.17) is 0 Å². The fourth-order valence-corrected chi connectivity index (χ4v) is 3.42. The van der Waals surface area contributed by atoms with Crippen molar-refractivity contribution in [3.05, 3.63) is 16.3 Å². The van der Waals surface area contributed by atoms with E-state index in [2.05, 4.69) is 15.3 Å². The molecule has 0 aromatic carbocycles. The van der Waals surface area contributed by atoms with Crippen LogP contribution in [0.3, 0.4) is 0 Å².